The van der Waals surface area contributed by atoms with Gasteiger partial charge in [0.05, 0.1) is 4.92 Å². The topological polar surface area (TPSA) is 131 Å². The molecule has 4 N–H and O–H groups in total. The van der Waals surface area contributed by atoms with Crippen LogP contribution in [-0.4, -0.2) is 34.7 Å². The second-order valence-electron chi connectivity index (χ2n) is 4.63. The number of likely N-dealkylation sites (tertiary alicyclic amines) is 1. The first-order chi connectivity index (χ1) is 9.95. The van der Waals surface area contributed by atoms with E-state index in [4.69, 9.17) is 5.84 Å². The van der Waals surface area contributed by atoms with Crippen LogP contribution < -0.4 is 16.6 Å². The summed E-state index contributed by atoms with van der Waals surface area (Å²) >= 11 is 0. The van der Waals surface area contributed by atoms with Gasteiger partial charge in [-0.2, -0.15) is 0 Å². The molecule has 1 unspecified atom stereocenters. The van der Waals surface area contributed by atoms with Crippen LogP contribution in [0.2, 0.25) is 0 Å². The van der Waals surface area contributed by atoms with Gasteiger partial charge >= 0.3 is 5.69 Å². The molecule has 21 heavy (non-hydrogen) atoms. The van der Waals surface area contributed by atoms with E-state index in [0.29, 0.717) is 6.42 Å². The number of rotatable bonds is 4. The van der Waals surface area contributed by atoms with Crippen LogP contribution >= 0.6 is 0 Å². The number of likely N-dealkylation sites (N-methyl/N-ethyl adjacent to an activating group) is 1. The Morgan fingerprint density at radius 2 is 2.05 bits per heavy atom. The van der Waals surface area contributed by atoms with Crippen molar-refractivity contribution in [1.29, 1.82) is 0 Å². The maximum absolute atomic E-state index is 12.0. The number of hydrogen-bond donors (Lipinski definition) is 3. The normalized spacial score (nSPS) is 18.6. The summed E-state index contributed by atoms with van der Waals surface area (Å²) in [4.78, 5) is 35.0. The van der Waals surface area contributed by atoms with Gasteiger partial charge in [-0.05, 0) is 18.6 Å². The van der Waals surface area contributed by atoms with Gasteiger partial charge in [-0.1, -0.05) is 6.07 Å². The Morgan fingerprint density at radius 1 is 1.38 bits per heavy atom. The number of hydrogen-bond acceptors (Lipinski definition) is 7. The maximum atomic E-state index is 12.0. The summed E-state index contributed by atoms with van der Waals surface area (Å²) in [6.07, 6.45) is 0.502. The standard InChI is InChI=1S/C12H15N5O4/c1-16-10(18)6-5-9(12(16)19)14-7-3-2-4-8(15-13)11(7)17(20)21/h2-4,9,14-15H,5-6,13H2,1H3. The summed E-state index contributed by atoms with van der Waals surface area (Å²) in [5, 5.41) is 14.0. The Bertz CT molecular complexity index is 603. The van der Waals surface area contributed by atoms with E-state index < -0.39 is 16.9 Å². The van der Waals surface area contributed by atoms with E-state index >= 15 is 0 Å². The zero-order valence-corrected chi connectivity index (χ0v) is 11.3. The van der Waals surface area contributed by atoms with Gasteiger partial charge in [0, 0.05) is 13.5 Å². The smallest absolute Gasteiger partial charge is 0.316 e. The van der Waals surface area contributed by atoms with E-state index in [1.807, 2.05) is 0 Å². The Hall–Kier alpha value is -2.68. The highest BCUT2D eigenvalue weighted by Gasteiger charge is 2.33. The van der Waals surface area contributed by atoms with Gasteiger partial charge in [0.2, 0.25) is 5.91 Å². The first-order valence-electron chi connectivity index (χ1n) is 6.26. The number of piperidine rings is 1. The van der Waals surface area contributed by atoms with Crippen molar-refractivity contribution in [2.75, 3.05) is 17.8 Å². The fourth-order valence-corrected chi connectivity index (χ4v) is 2.21. The number of imide groups is 1. The summed E-state index contributed by atoms with van der Waals surface area (Å²) in [6, 6.07) is 3.84. The zero-order chi connectivity index (χ0) is 15.6. The molecule has 2 amide bonds. The van der Waals surface area contributed by atoms with Crippen LogP contribution in [0, 0.1) is 10.1 Å². The molecule has 0 radical (unpaired) electrons. The lowest BCUT2D eigenvalue weighted by Crippen LogP contribution is -2.48. The van der Waals surface area contributed by atoms with Crippen LogP contribution in [0.5, 0.6) is 0 Å². The molecule has 1 aliphatic rings. The van der Waals surface area contributed by atoms with Gasteiger partial charge in [0.1, 0.15) is 17.4 Å². The fourth-order valence-electron chi connectivity index (χ4n) is 2.21. The lowest BCUT2D eigenvalue weighted by atomic mass is 10.0. The lowest BCUT2D eigenvalue weighted by molar-refractivity contribution is -0.383. The van der Waals surface area contributed by atoms with Crippen LogP contribution in [0.15, 0.2) is 18.2 Å². The van der Waals surface area contributed by atoms with Crippen LogP contribution in [0.4, 0.5) is 17.1 Å². The minimum absolute atomic E-state index is 0.137. The van der Waals surface area contributed by atoms with Crippen LogP contribution in [0.25, 0.3) is 0 Å². The number of hydrazine groups is 1. The molecule has 9 nitrogen and oxygen atoms in total. The van der Waals surface area contributed by atoms with Gasteiger partial charge in [0.25, 0.3) is 5.91 Å². The SMILES string of the molecule is CN1C(=O)CCC(Nc2cccc(NN)c2[N+](=O)[O-])C1=O. The molecule has 1 aromatic rings. The van der Waals surface area contributed by atoms with Crippen LogP contribution in [-0.2, 0) is 9.59 Å². The number of amides is 2. The number of anilines is 2. The van der Waals surface area contributed by atoms with E-state index in [9.17, 15) is 19.7 Å². The lowest BCUT2D eigenvalue weighted by Gasteiger charge is -2.28. The van der Waals surface area contributed by atoms with E-state index in [1.165, 1.54) is 19.2 Å². The Labute approximate surface area is 120 Å². The van der Waals surface area contributed by atoms with Crippen LogP contribution in [0.1, 0.15) is 12.8 Å². The monoisotopic (exact) mass is 293 g/mol. The highest BCUT2D eigenvalue weighted by molar-refractivity contribution is 6.01. The summed E-state index contributed by atoms with van der Waals surface area (Å²) in [5.74, 6) is 4.59. The van der Waals surface area contributed by atoms with Crippen molar-refractivity contribution in [1.82, 2.24) is 4.90 Å². The third-order valence-corrected chi connectivity index (χ3v) is 3.35. The molecule has 1 atom stereocenters. The Morgan fingerprint density at radius 3 is 2.67 bits per heavy atom. The minimum Gasteiger partial charge on any atom is -0.368 e. The molecular formula is C12H15N5O4. The van der Waals surface area contributed by atoms with Crippen molar-refractivity contribution in [2.45, 2.75) is 18.9 Å². The summed E-state index contributed by atoms with van der Waals surface area (Å²) < 4.78 is 0. The fraction of sp³-hybridized carbons (Fsp3) is 0.333. The van der Waals surface area contributed by atoms with Crippen molar-refractivity contribution in [3.63, 3.8) is 0 Å². The number of nitro benzene ring substituents is 1. The first-order valence-corrected chi connectivity index (χ1v) is 6.26. The molecular weight excluding hydrogens is 278 g/mol. The van der Waals surface area contributed by atoms with Crippen molar-refractivity contribution < 1.29 is 14.5 Å². The molecule has 112 valence electrons. The molecule has 0 aliphatic carbocycles. The predicted molar refractivity (Wildman–Crippen MR) is 75.3 cm³/mol. The minimum atomic E-state index is -0.681. The molecule has 0 saturated carbocycles. The number of para-hydroxylation sites is 1. The summed E-state index contributed by atoms with van der Waals surface area (Å²) in [7, 11) is 1.39. The third kappa shape index (κ3) is 2.77. The van der Waals surface area contributed by atoms with Crippen molar-refractivity contribution in [3.8, 4) is 0 Å². The number of carbonyl (C=O) groups is 2. The van der Waals surface area contributed by atoms with Gasteiger partial charge in [-0.3, -0.25) is 30.4 Å². The van der Waals surface area contributed by atoms with E-state index in [2.05, 4.69) is 10.7 Å². The van der Waals surface area contributed by atoms with Crippen molar-refractivity contribution >= 4 is 28.9 Å². The molecule has 2 rings (SSSR count). The number of nitrogens with one attached hydrogen (secondary N) is 2. The number of benzene rings is 1. The number of nitrogen functional groups attached to an aromatic ring is 1. The number of nitro groups is 1. The largest absolute Gasteiger partial charge is 0.368 e. The van der Waals surface area contributed by atoms with E-state index in [1.54, 1.807) is 6.07 Å². The quantitative estimate of drug-likeness (QED) is 0.318. The molecule has 1 aliphatic heterocycles. The molecule has 0 bridgehead atoms. The van der Waals surface area contributed by atoms with E-state index in [-0.39, 0.29) is 29.4 Å². The second-order valence-corrected chi connectivity index (χ2v) is 4.63. The highest BCUT2D eigenvalue weighted by atomic mass is 16.6. The second kappa shape index (κ2) is 5.75. The number of nitrogens with zero attached hydrogens (tertiary/aromatic N) is 2. The molecule has 1 fully saturated rings. The highest BCUT2D eigenvalue weighted by Crippen LogP contribution is 2.33. The van der Waals surface area contributed by atoms with E-state index in [0.717, 1.165) is 4.90 Å². The maximum Gasteiger partial charge on any atom is 0.316 e. The Kier molecular flexibility index (Phi) is 4.03. The zero-order valence-electron chi connectivity index (χ0n) is 11.3. The molecule has 9 heteroatoms. The number of nitrogens with two attached hydrogens (primary N) is 1. The van der Waals surface area contributed by atoms with Gasteiger partial charge in [-0.15, -0.1) is 0 Å². The average Bonchev–Trinajstić information content (AvgIpc) is 2.47. The van der Waals surface area contributed by atoms with Gasteiger partial charge < -0.3 is 10.7 Å². The molecule has 0 spiro atoms. The first kappa shape index (κ1) is 14.7. The third-order valence-electron chi connectivity index (χ3n) is 3.35. The molecule has 1 aromatic carbocycles. The summed E-state index contributed by atoms with van der Waals surface area (Å²) in [5.41, 5.74) is 2.32. The average molecular weight is 293 g/mol. The summed E-state index contributed by atoms with van der Waals surface area (Å²) in [6.45, 7) is 0. The molecule has 1 heterocycles. The predicted octanol–water partition coefficient (Wildman–Crippen LogP) is 0.440. The molecule has 0 aromatic heterocycles. The molecule has 1 saturated heterocycles. The Balaban J connectivity index is 2.30. The van der Waals surface area contributed by atoms with Crippen molar-refractivity contribution in [3.05, 3.63) is 28.3 Å². The van der Waals surface area contributed by atoms with Crippen molar-refractivity contribution in [2.24, 2.45) is 5.84 Å². The van der Waals surface area contributed by atoms with Crippen LogP contribution in [0.3, 0.4) is 0 Å². The number of carbonyl (C=O) groups excluding carboxylic acids is 2. The van der Waals surface area contributed by atoms with Gasteiger partial charge in [-0.25, -0.2) is 0 Å². The van der Waals surface area contributed by atoms with Gasteiger partial charge in [0.15, 0.2) is 0 Å².